The summed E-state index contributed by atoms with van der Waals surface area (Å²) in [6, 6.07) is -0.0932. The van der Waals surface area contributed by atoms with E-state index in [1.807, 2.05) is 0 Å². The molecule has 0 spiro atoms. The average Bonchev–Trinajstić information content (AvgIpc) is 2.65. The van der Waals surface area contributed by atoms with Crippen LogP contribution in [0.1, 0.15) is 22.5 Å². The van der Waals surface area contributed by atoms with Gasteiger partial charge in [0.15, 0.2) is 0 Å². The van der Waals surface area contributed by atoms with E-state index in [1.54, 1.807) is 14.0 Å². The molecule has 1 heterocycles. The summed E-state index contributed by atoms with van der Waals surface area (Å²) in [4.78, 5) is 11.8. The molecule has 0 saturated carbocycles. The van der Waals surface area contributed by atoms with Gasteiger partial charge in [0.25, 0.3) is 5.91 Å². The van der Waals surface area contributed by atoms with Gasteiger partial charge in [0.05, 0.1) is 18.8 Å². The van der Waals surface area contributed by atoms with Gasteiger partial charge in [0, 0.05) is 13.0 Å². The van der Waals surface area contributed by atoms with Crippen LogP contribution in [0.5, 0.6) is 0 Å². The molecule has 1 aromatic rings. The normalized spacial score (nSPS) is 12.4. The standard InChI is InChI=1S/C10H15ClN2O3/c1-7-9(5-12-16-7)10(14)13-8(3-4-11)6-15-2/h5,8H,3-4,6H2,1-2H3,(H,13,14). The van der Waals surface area contributed by atoms with Crippen LogP contribution in [-0.2, 0) is 4.74 Å². The topological polar surface area (TPSA) is 64.4 Å². The zero-order chi connectivity index (χ0) is 12.0. The molecule has 1 unspecified atom stereocenters. The minimum absolute atomic E-state index is 0.0932. The van der Waals surface area contributed by atoms with Crippen LogP contribution in [0.3, 0.4) is 0 Å². The first-order chi connectivity index (χ1) is 7.69. The maximum Gasteiger partial charge on any atom is 0.256 e. The van der Waals surface area contributed by atoms with Crippen LogP contribution in [0.15, 0.2) is 10.7 Å². The minimum atomic E-state index is -0.217. The Balaban J connectivity index is 2.58. The fraction of sp³-hybridized carbons (Fsp3) is 0.600. The van der Waals surface area contributed by atoms with Gasteiger partial charge in [-0.3, -0.25) is 4.79 Å². The van der Waals surface area contributed by atoms with Crippen molar-refractivity contribution < 1.29 is 14.1 Å². The molecule has 5 nitrogen and oxygen atoms in total. The van der Waals surface area contributed by atoms with Crippen molar-refractivity contribution in [3.8, 4) is 0 Å². The lowest BCUT2D eigenvalue weighted by atomic mass is 10.2. The summed E-state index contributed by atoms with van der Waals surface area (Å²) in [6.07, 6.45) is 2.06. The quantitative estimate of drug-likeness (QED) is 0.770. The zero-order valence-electron chi connectivity index (χ0n) is 9.33. The van der Waals surface area contributed by atoms with Gasteiger partial charge < -0.3 is 14.6 Å². The van der Waals surface area contributed by atoms with E-state index in [-0.39, 0.29) is 11.9 Å². The Morgan fingerprint density at radius 1 is 1.75 bits per heavy atom. The molecule has 90 valence electrons. The summed E-state index contributed by atoms with van der Waals surface area (Å²) in [5, 5.41) is 6.36. The molecule has 0 aliphatic rings. The Morgan fingerprint density at radius 3 is 3.00 bits per heavy atom. The van der Waals surface area contributed by atoms with E-state index in [2.05, 4.69) is 10.5 Å². The third kappa shape index (κ3) is 3.50. The number of aromatic nitrogens is 1. The molecular formula is C10H15ClN2O3. The predicted octanol–water partition coefficient (Wildman–Crippen LogP) is 1.36. The monoisotopic (exact) mass is 246 g/mol. The molecule has 0 bridgehead atoms. The number of alkyl halides is 1. The van der Waals surface area contributed by atoms with Crippen molar-refractivity contribution in [2.45, 2.75) is 19.4 Å². The van der Waals surface area contributed by atoms with E-state index in [9.17, 15) is 4.79 Å². The Bertz CT molecular complexity index is 335. The second kappa shape index (κ2) is 6.50. The first-order valence-corrected chi connectivity index (χ1v) is 5.49. The first-order valence-electron chi connectivity index (χ1n) is 4.96. The lowest BCUT2D eigenvalue weighted by Crippen LogP contribution is -2.38. The van der Waals surface area contributed by atoms with Gasteiger partial charge in [-0.05, 0) is 13.3 Å². The van der Waals surface area contributed by atoms with Crippen LogP contribution in [0.2, 0.25) is 0 Å². The van der Waals surface area contributed by atoms with Gasteiger partial charge in [0.1, 0.15) is 11.3 Å². The predicted molar refractivity (Wildman–Crippen MR) is 59.7 cm³/mol. The van der Waals surface area contributed by atoms with Crippen LogP contribution in [-0.4, -0.2) is 36.7 Å². The Kier molecular flexibility index (Phi) is 5.28. The Morgan fingerprint density at radius 2 is 2.50 bits per heavy atom. The smallest absolute Gasteiger partial charge is 0.256 e. The molecule has 1 aromatic heterocycles. The second-order valence-corrected chi connectivity index (χ2v) is 3.78. The molecule has 1 amide bonds. The van der Waals surface area contributed by atoms with Crippen molar-refractivity contribution >= 4 is 17.5 Å². The van der Waals surface area contributed by atoms with Crippen LogP contribution < -0.4 is 5.32 Å². The largest absolute Gasteiger partial charge is 0.383 e. The number of hydrogen-bond donors (Lipinski definition) is 1. The number of methoxy groups -OCH3 is 1. The van der Waals surface area contributed by atoms with Gasteiger partial charge in [-0.15, -0.1) is 11.6 Å². The molecule has 0 aliphatic heterocycles. The Hall–Kier alpha value is -1.07. The van der Waals surface area contributed by atoms with Crippen molar-refractivity contribution in [1.82, 2.24) is 10.5 Å². The highest BCUT2D eigenvalue weighted by atomic mass is 35.5. The van der Waals surface area contributed by atoms with Crippen molar-refractivity contribution in [1.29, 1.82) is 0 Å². The molecule has 6 heteroatoms. The van der Waals surface area contributed by atoms with E-state index < -0.39 is 0 Å². The van der Waals surface area contributed by atoms with E-state index in [4.69, 9.17) is 20.9 Å². The van der Waals surface area contributed by atoms with Gasteiger partial charge in [0.2, 0.25) is 0 Å². The molecule has 16 heavy (non-hydrogen) atoms. The number of amides is 1. The van der Waals surface area contributed by atoms with Crippen LogP contribution in [0.25, 0.3) is 0 Å². The van der Waals surface area contributed by atoms with E-state index in [0.29, 0.717) is 30.2 Å². The maximum atomic E-state index is 11.8. The average molecular weight is 247 g/mol. The van der Waals surface area contributed by atoms with Crippen molar-refractivity contribution in [2.24, 2.45) is 0 Å². The lowest BCUT2D eigenvalue weighted by Gasteiger charge is -2.16. The highest BCUT2D eigenvalue weighted by molar-refractivity contribution is 6.17. The molecule has 0 fully saturated rings. The third-order valence-electron chi connectivity index (χ3n) is 2.16. The maximum absolute atomic E-state index is 11.8. The first kappa shape index (κ1) is 13.0. The summed E-state index contributed by atoms with van der Waals surface area (Å²) in [6.45, 7) is 2.12. The molecule has 1 atom stereocenters. The molecule has 0 aliphatic carbocycles. The molecule has 1 N–H and O–H groups in total. The highest BCUT2D eigenvalue weighted by Crippen LogP contribution is 2.06. The summed E-state index contributed by atoms with van der Waals surface area (Å²) in [5.74, 6) is 0.752. The number of carbonyl (C=O) groups is 1. The number of halogens is 1. The summed E-state index contributed by atoms with van der Waals surface area (Å²) < 4.78 is 9.81. The second-order valence-electron chi connectivity index (χ2n) is 3.40. The summed E-state index contributed by atoms with van der Waals surface area (Å²) in [5.41, 5.74) is 0.440. The summed E-state index contributed by atoms with van der Waals surface area (Å²) >= 11 is 5.63. The van der Waals surface area contributed by atoms with Crippen molar-refractivity contribution in [2.75, 3.05) is 19.6 Å². The number of hydrogen-bond acceptors (Lipinski definition) is 4. The van der Waals surface area contributed by atoms with Gasteiger partial charge in [-0.25, -0.2) is 0 Å². The van der Waals surface area contributed by atoms with E-state index in [0.717, 1.165) is 0 Å². The number of nitrogens with one attached hydrogen (secondary N) is 1. The van der Waals surface area contributed by atoms with E-state index in [1.165, 1.54) is 6.20 Å². The molecule has 0 aromatic carbocycles. The number of ether oxygens (including phenoxy) is 1. The van der Waals surface area contributed by atoms with Crippen LogP contribution in [0, 0.1) is 6.92 Å². The number of aryl methyl sites for hydroxylation is 1. The summed E-state index contributed by atoms with van der Waals surface area (Å²) in [7, 11) is 1.58. The SMILES string of the molecule is COCC(CCCl)NC(=O)c1cnoc1C. The molecule has 0 saturated heterocycles. The van der Waals surface area contributed by atoms with Gasteiger partial charge >= 0.3 is 0 Å². The van der Waals surface area contributed by atoms with Crippen molar-refractivity contribution in [3.63, 3.8) is 0 Å². The van der Waals surface area contributed by atoms with Gasteiger partial charge in [-0.1, -0.05) is 5.16 Å². The van der Waals surface area contributed by atoms with Crippen LogP contribution in [0.4, 0.5) is 0 Å². The minimum Gasteiger partial charge on any atom is -0.383 e. The highest BCUT2D eigenvalue weighted by Gasteiger charge is 2.17. The van der Waals surface area contributed by atoms with E-state index >= 15 is 0 Å². The number of carbonyl (C=O) groups excluding carboxylic acids is 1. The lowest BCUT2D eigenvalue weighted by molar-refractivity contribution is 0.0893. The van der Waals surface area contributed by atoms with Crippen molar-refractivity contribution in [3.05, 3.63) is 17.5 Å². The third-order valence-corrected chi connectivity index (χ3v) is 2.37. The number of rotatable bonds is 6. The molecule has 0 radical (unpaired) electrons. The number of nitrogens with zero attached hydrogens (tertiary/aromatic N) is 1. The molecule has 1 rings (SSSR count). The van der Waals surface area contributed by atoms with Gasteiger partial charge in [-0.2, -0.15) is 0 Å². The van der Waals surface area contributed by atoms with Crippen LogP contribution >= 0.6 is 11.6 Å². The molecular weight excluding hydrogens is 232 g/mol. The fourth-order valence-corrected chi connectivity index (χ4v) is 1.57. The Labute approximate surface area is 99.1 Å². The zero-order valence-corrected chi connectivity index (χ0v) is 10.1. The fourth-order valence-electron chi connectivity index (χ4n) is 1.31.